The molecule has 0 amide bonds. The van der Waals surface area contributed by atoms with Crippen LogP contribution >= 0.6 is 0 Å². The van der Waals surface area contributed by atoms with Crippen molar-refractivity contribution in [2.75, 3.05) is 21.3 Å². The standard InChI is InChI=1S/C18H22O4/c1-19-11-14-8-15(12-20-2)10-17(9-14)22-18-7-5-4-6-16(18)13-21-3/h4-10H,11-13H2,1-3H3. The fourth-order valence-electron chi connectivity index (χ4n) is 2.29. The van der Waals surface area contributed by atoms with E-state index >= 15 is 0 Å². The van der Waals surface area contributed by atoms with Crippen molar-refractivity contribution in [3.8, 4) is 11.5 Å². The zero-order chi connectivity index (χ0) is 15.8. The van der Waals surface area contributed by atoms with Crippen LogP contribution in [0.4, 0.5) is 0 Å². The quantitative estimate of drug-likeness (QED) is 0.740. The van der Waals surface area contributed by atoms with E-state index in [1.54, 1.807) is 21.3 Å². The van der Waals surface area contributed by atoms with Gasteiger partial charge in [-0.05, 0) is 29.3 Å². The molecular formula is C18H22O4. The molecule has 2 aromatic carbocycles. The summed E-state index contributed by atoms with van der Waals surface area (Å²) in [6.07, 6.45) is 0. The largest absolute Gasteiger partial charge is 0.457 e. The molecule has 0 aromatic heterocycles. The first-order valence-electron chi connectivity index (χ1n) is 7.12. The lowest BCUT2D eigenvalue weighted by Gasteiger charge is -2.13. The summed E-state index contributed by atoms with van der Waals surface area (Å²) in [7, 11) is 5.03. The Morgan fingerprint density at radius 3 is 1.91 bits per heavy atom. The smallest absolute Gasteiger partial charge is 0.132 e. The molecule has 0 atom stereocenters. The van der Waals surface area contributed by atoms with Crippen LogP contribution in [0.2, 0.25) is 0 Å². The Labute approximate surface area is 131 Å². The first-order chi connectivity index (χ1) is 10.8. The third-order valence-electron chi connectivity index (χ3n) is 3.15. The van der Waals surface area contributed by atoms with Crippen molar-refractivity contribution in [2.24, 2.45) is 0 Å². The molecule has 0 N–H and O–H groups in total. The van der Waals surface area contributed by atoms with Gasteiger partial charge in [0.25, 0.3) is 0 Å². The number of hydrogen-bond donors (Lipinski definition) is 0. The lowest BCUT2D eigenvalue weighted by molar-refractivity contribution is 0.179. The number of rotatable bonds is 8. The SMILES string of the molecule is COCc1cc(COC)cc(Oc2ccccc2COC)c1. The van der Waals surface area contributed by atoms with Gasteiger partial charge in [0, 0.05) is 26.9 Å². The average molecular weight is 302 g/mol. The summed E-state index contributed by atoms with van der Waals surface area (Å²) < 4.78 is 21.7. The minimum atomic E-state index is 0.513. The van der Waals surface area contributed by atoms with Gasteiger partial charge in [0.1, 0.15) is 11.5 Å². The second kappa shape index (κ2) is 8.54. The summed E-state index contributed by atoms with van der Waals surface area (Å²) >= 11 is 0. The molecule has 0 heterocycles. The van der Waals surface area contributed by atoms with Gasteiger partial charge in [-0.2, -0.15) is 0 Å². The van der Waals surface area contributed by atoms with E-state index in [-0.39, 0.29) is 0 Å². The zero-order valence-corrected chi connectivity index (χ0v) is 13.3. The molecule has 0 radical (unpaired) electrons. The molecule has 2 aromatic rings. The van der Waals surface area contributed by atoms with Gasteiger partial charge in [-0.1, -0.05) is 24.3 Å². The van der Waals surface area contributed by atoms with E-state index in [9.17, 15) is 0 Å². The van der Waals surface area contributed by atoms with Crippen LogP contribution in [0, 0.1) is 0 Å². The molecule has 22 heavy (non-hydrogen) atoms. The predicted molar refractivity (Wildman–Crippen MR) is 85.1 cm³/mol. The summed E-state index contributed by atoms with van der Waals surface area (Å²) in [6, 6.07) is 13.9. The highest BCUT2D eigenvalue weighted by Gasteiger charge is 2.07. The van der Waals surface area contributed by atoms with Crippen LogP contribution in [0.1, 0.15) is 16.7 Å². The Morgan fingerprint density at radius 1 is 0.727 bits per heavy atom. The monoisotopic (exact) mass is 302 g/mol. The highest BCUT2D eigenvalue weighted by Crippen LogP contribution is 2.28. The number of hydrogen-bond acceptors (Lipinski definition) is 4. The minimum Gasteiger partial charge on any atom is -0.457 e. The maximum absolute atomic E-state index is 6.04. The van der Waals surface area contributed by atoms with Crippen molar-refractivity contribution in [1.29, 1.82) is 0 Å². The Hall–Kier alpha value is -1.88. The third kappa shape index (κ3) is 4.56. The fourth-order valence-corrected chi connectivity index (χ4v) is 2.29. The third-order valence-corrected chi connectivity index (χ3v) is 3.15. The van der Waals surface area contributed by atoms with Gasteiger partial charge in [-0.15, -0.1) is 0 Å². The summed E-state index contributed by atoms with van der Waals surface area (Å²) in [6.45, 7) is 1.58. The second-order valence-electron chi connectivity index (χ2n) is 4.99. The van der Waals surface area contributed by atoms with Crippen molar-refractivity contribution in [1.82, 2.24) is 0 Å². The van der Waals surface area contributed by atoms with Crippen LogP contribution in [0.15, 0.2) is 42.5 Å². The van der Waals surface area contributed by atoms with E-state index in [0.717, 1.165) is 28.2 Å². The van der Waals surface area contributed by atoms with Crippen LogP contribution in [0.3, 0.4) is 0 Å². The molecule has 0 fully saturated rings. The minimum absolute atomic E-state index is 0.513. The molecule has 0 aliphatic carbocycles. The van der Waals surface area contributed by atoms with Crippen molar-refractivity contribution in [3.05, 3.63) is 59.2 Å². The van der Waals surface area contributed by atoms with E-state index in [4.69, 9.17) is 18.9 Å². The van der Waals surface area contributed by atoms with Crippen molar-refractivity contribution in [3.63, 3.8) is 0 Å². The maximum Gasteiger partial charge on any atom is 0.132 e. The van der Waals surface area contributed by atoms with Crippen LogP contribution in [0.5, 0.6) is 11.5 Å². The second-order valence-corrected chi connectivity index (χ2v) is 4.99. The normalized spacial score (nSPS) is 10.7. The van der Waals surface area contributed by atoms with Gasteiger partial charge in [-0.3, -0.25) is 0 Å². The van der Waals surface area contributed by atoms with Gasteiger partial charge in [0.05, 0.1) is 19.8 Å². The Balaban J connectivity index is 2.28. The zero-order valence-electron chi connectivity index (χ0n) is 13.3. The van der Waals surface area contributed by atoms with Gasteiger partial charge in [0.15, 0.2) is 0 Å². The molecule has 0 unspecified atom stereocenters. The molecule has 0 aliphatic rings. The van der Waals surface area contributed by atoms with Gasteiger partial charge >= 0.3 is 0 Å². The van der Waals surface area contributed by atoms with Crippen molar-refractivity contribution >= 4 is 0 Å². The Morgan fingerprint density at radius 2 is 1.32 bits per heavy atom. The van der Waals surface area contributed by atoms with Crippen molar-refractivity contribution in [2.45, 2.75) is 19.8 Å². The lowest BCUT2D eigenvalue weighted by atomic mass is 10.1. The summed E-state index contributed by atoms with van der Waals surface area (Å²) in [5, 5.41) is 0. The van der Waals surface area contributed by atoms with Crippen LogP contribution in [-0.4, -0.2) is 21.3 Å². The van der Waals surface area contributed by atoms with E-state index in [2.05, 4.69) is 6.07 Å². The molecule has 0 bridgehead atoms. The van der Waals surface area contributed by atoms with E-state index < -0.39 is 0 Å². The van der Waals surface area contributed by atoms with Gasteiger partial charge in [0.2, 0.25) is 0 Å². The molecule has 4 heteroatoms. The Bertz CT molecular complexity index is 571. The summed E-state index contributed by atoms with van der Waals surface area (Å²) in [5.41, 5.74) is 3.11. The topological polar surface area (TPSA) is 36.9 Å². The molecule has 4 nitrogen and oxygen atoms in total. The highest BCUT2D eigenvalue weighted by molar-refractivity contribution is 5.40. The first-order valence-corrected chi connectivity index (χ1v) is 7.12. The maximum atomic E-state index is 6.04. The molecular weight excluding hydrogens is 280 g/mol. The number of benzene rings is 2. The summed E-state index contributed by atoms with van der Waals surface area (Å²) in [5.74, 6) is 1.56. The van der Waals surface area contributed by atoms with E-state index in [0.29, 0.717) is 19.8 Å². The number of ether oxygens (including phenoxy) is 4. The summed E-state index contributed by atoms with van der Waals surface area (Å²) in [4.78, 5) is 0. The van der Waals surface area contributed by atoms with Crippen molar-refractivity contribution < 1.29 is 18.9 Å². The fraction of sp³-hybridized carbons (Fsp3) is 0.333. The first kappa shape index (κ1) is 16.5. The van der Waals surface area contributed by atoms with Gasteiger partial charge < -0.3 is 18.9 Å². The molecule has 0 saturated heterocycles. The average Bonchev–Trinajstić information content (AvgIpc) is 2.50. The highest BCUT2D eigenvalue weighted by atomic mass is 16.5. The van der Waals surface area contributed by atoms with Crippen LogP contribution in [0.25, 0.3) is 0 Å². The van der Waals surface area contributed by atoms with E-state index in [1.165, 1.54) is 0 Å². The molecule has 0 aliphatic heterocycles. The molecule has 0 spiro atoms. The van der Waals surface area contributed by atoms with Gasteiger partial charge in [-0.25, -0.2) is 0 Å². The predicted octanol–water partition coefficient (Wildman–Crippen LogP) is 3.92. The molecule has 0 saturated carbocycles. The molecule has 118 valence electrons. The molecule has 2 rings (SSSR count). The van der Waals surface area contributed by atoms with Crippen LogP contribution in [-0.2, 0) is 34.0 Å². The number of para-hydroxylation sites is 1. The number of methoxy groups -OCH3 is 3. The van der Waals surface area contributed by atoms with E-state index in [1.807, 2.05) is 36.4 Å². The Kier molecular flexibility index (Phi) is 6.40. The van der Waals surface area contributed by atoms with Crippen LogP contribution < -0.4 is 4.74 Å². The lowest BCUT2D eigenvalue weighted by Crippen LogP contribution is -1.97.